The summed E-state index contributed by atoms with van der Waals surface area (Å²) >= 11 is 0. The smallest absolute Gasteiger partial charge is 0.453 e. The lowest BCUT2D eigenvalue weighted by Crippen LogP contribution is -2.46. The van der Waals surface area contributed by atoms with Gasteiger partial charge in [0.25, 0.3) is 0 Å². The van der Waals surface area contributed by atoms with Gasteiger partial charge in [0.05, 0.1) is 26.3 Å². The zero-order valence-corrected chi connectivity index (χ0v) is 14.1. The highest BCUT2D eigenvalue weighted by molar-refractivity contribution is 5.70. The van der Waals surface area contributed by atoms with Crippen molar-refractivity contribution < 1.29 is 33.3 Å². The van der Waals surface area contributed by atoms with Gasteiger partial charge in [0.2, 0.25) is 0 Å². The van der Waals surface area contributed by atoms with E-state index in [1.165, 1.54) is 12.0 Å². The number of carbonyl (C=O) groups excluding carboxylic acids is 3. The molecule has 1 saturated heterocycles. The van der Waals surface area contributed by atoms with Crippen LogP contribution in [0.3, 0.4) is 0 Å². The first-order valence-corrected chi connectivity index (χ1v) is 7.32. The van der Waals surface area contributed by atoms with Crippen molar-refractivity contribution in [3.05, 3.63) is 0 Å². The van der Waals surface area contributed by atoms with Gasteiger partial charge in [-0.2, -0.15) is 0 Å². The fourth-order valence-corrected chi connectivity index (χ4v) is 2.04. The summed E-state index contributed by atoms with van der Waals surface area (Å²) in [6.45, 7) is 7.23. The van der Waals surface area contributed by atoms with Gasteiger partial charge in [0, 0.05) is 6.54 Å². The summed E-state index contributed by atoms with van der Waals surface area (Å²) in [5.41, 5.74) is -0.664. The molecule has 1 aliphatic rings. The average Bonchev–Trinajstić information content (AvgIpc) is 2.78. The summed E-state index contributed by atoms with van der Waals surface area (Å²) < 4.78 is 19.7. The molecule has 9 nitrogen and oxygen atoms in total. The molecule has 132 valence electrons. The maximum Gasteiger partial charge on any atom is 0.508 e. The van der Waals surface area contributed by atoms with Gasteiger partial charge in [-0.05, 0) is 27.7 Å². The number of hydrogen-bond donors (Lipinski definition) is 1. The molecule has 9 heteroatoms. The van der Waals surface area contributed by atoms with Gasteiger partial charge in [-0.25, -0.2) is 14.4 Å². The Morgan fingerprint density at radius 1 is 1.22 bits per heavy atom. The Balaban J connectivity index is 2.71. The van der Waals surface area contributed by atoms with Crippen molar-refractivity contribution in [3.63, 3.8) is 0 Å². The molecule has 1 N–H and O–H groups in total. The van der Waals surface area contributed by atoms with Crippen molar-refractivity contribution in [1.82, 2.24) is 10.2 Å². The average molecular weight is 332 g/mol. The Morgan fingerprint density at radius 3 is 2.39 bits per heavy atom. The molecule has 1 heterocycles. The highest BCUT2D eigenvalue weighted by Crippen LogP contribution is 2.17. The van der Waals surface area contributed by atoms with Crippen LogP contribution >= 0.6 is 0 Å². The second-order valence-electron chi connectivity index (χ2n) is 5.97. The maximum atomic E-state index is 11.9. The molecule has 2 amide bonds. The molecule has 23 heavy (non-hydrogen) atoms. The van der Waals surface area contributed by atoms with Crippen molar-refractivity contribution in [2.45, 2.75) is 45.4 Å². The van der Waals surface area contributed by atoms with Crippen LogP contribution in [0.1, 0.15) is 27.7 Å². The molecule has 0 aliphatic carbocycles. The Bertz CT molecular complexity index is 447. The molecule has 0 spiro atoms. The largest absolute Gasteiger partial charge is 0.508 e. The molecule has 0 bridgehead atoms. The van der Waals surface area contributed by atoms with Crippen molar-refractivity contribution >= 4 is 18.3 Å². The summed E-state index contributed by atoms with van der Waals surface area (Å²) in [5.74, 6) is 0. The van der Waals surface area contributed by atoms with Crippen LogP contribution in [0.5, 0.6) is 0 Å². The van der Waals surface area contributed by atoms with E-state index in [4.69, 9.17) is 14.2 Å². The Labute approximate surface area is 135 Å². The van der Waals surface area contributed by atoms with E-state index < -0.39 is 36.1 Å². The van der Waals surface area contributed by atoms with E-state index in [-0.39, 0.29) is 19.7 Å². The van der Waals surface area contributed by atoms with E-state index >= 15 is 0 Å². The molecule has 2 unspecified atom stereocenters. The van der Waals surface area contributed by atoms with Gasteiger partial charge in [-0.1, -0.05) is 0 Å². The summed E-state index contributed by atoms with van der Waals surface area (Å²) in [6, 6.07) is -0.617. The fourth-order valence-electron chi connectivity index (χ4n) is 2.04. The highest BCUT2D eigenvalue weighted by atomic mass is 16.7. The van der Waals surface area contributed by atoms with Crippen LogP contribution in [0.25, 0.3) is 0 Å². The van der Waals surface area contributed by atoms with Crippen LogP contribution in [0, 0.1) is 0 Å². The summed E-state index contributed by atoms with van der Waals surface area (Å²) in [4.78, 5) is 36.3. The molecule has 0 aromatic rings. The first kappa shape index (κ1) is 18.9. The number of ether oxygens (including phenoxy) is 4. The summed E-state index contributed by atoms with van der Waals surface area (Å²) in [5, 5.41) is 2.60. The number of likely N-dealkylation sites (tertiary alicyclic amines) is 1. The van der Waals surface area contributed by atoms with Gasteiger partial charge < -0.3 is 29.2 Å². The molecule has 1 fully saturated rings. The monoisotopic (exact) mass is 332 g/mol. The third-order valence-corrected chi connectivity index (χ3v) is 2.91. The standard InChI is InChI=1S/C14H24N2O7/c1-6-21-13(19)22-10-8-16(12(18)20-5)7-9(10)15-11(17)23-14(2,3)4/h9-10H,6-8H2,1-5H3,(H,15,17). The number of alkyl carbamates (subject to hydrolysis) is 1. The van der Waals surface area contributed by atoms with E-state index in [2.05, 4.69) is 10.1 Å². The van der Waals surface area contributed by atoms with E-state index in [0.29, 0.717) is 0 Å². The summed E-state index contributed by atoms with van der Waals surface area (Å²) in [6.07, 6.45) is -2.84. The normalized spacial score (nSPS) is 20.7. The molecular formula is C14H24N2O7. The minimum atomic E-state index is -0.861. The van der Waals surface area contributed by atoms with Gasteiger partial charge in [-0.15, -0.1) is 0 Å². The molecule has 0 aromatic heterocycles. The molecule has 0 radical (unpaired) electrons. The Hall–Kier alpha value is -2.19. The van der Waals surface area contributed by atoms with Crippen molar-refractivity contribution in [2.24, 2.45) is 0 Å². The Morgan fingerprint density at radius 2 is 1.87 bits per heavy atom. The molecule has 0 saturated carbocycles. The first-order valence-electron chi connectivity index (χ1n) is 7.32. The first-order chi connectivity index (χ1) is 10.7. The molecule has 1 aliphatic heterocycles. The quantitative estimate of drug-likeness (QED) is 0.617. The number of rotatable bonds is 3. The van der Waals surface area contributed by atoms with Gasteiger partial charge in [0.15, 0.2) is 0 Å². The number of amides is 2. The van der Waals surface area contributed by atoms with Crippen LogP contribution in [0.4, 0.5) is 14.4 Å². The van der Waals surface area contributed by atoms with Gasteiger partial charge in [-0.3, -0.25) is 0 Å². The fraction of sp³-hybridized carbons (Fsp3) is 0.786. The van der Waals surface area contributed by atoms with E-state index in [0.717, 1.165) is 0 Å². The van der Waals surface area contributed by atoms with Crippen LogP contribution < -0.4 is 5.32 Å². The number of nitrogens with one attached hydrogen (secondary N) is 1. The topological polar surface area (TPSA) is 103 Å². The number of nitrogens with zero attached hydrogens (tertiary/aromatic N) is 1. The van der Waals surface area contributed by atoms with Crippen molar-refractivity contribution in [3.8, 4) is 0 Å². The highest BCUT2D eigenvalue weighted by Gasteiger charge is 2.40. The van der Waals surface area contributed by atoms with Gasteiger partial charge >= 0.3 is 18.3 Å². The molecule has 1 rings (SSSR count). The number of carbonyl (C=O) groups is 3. The van der Waals surface area contributed by atoms with Crippen molar-refractivity contribution in [2.75, 3.05) is 26.8 Å². The van der Waals surface area contributed by atoms with Crippen LogP contribution in [-0.4, -0.2) is 67.8 Å². The van der Waals surface area contributed by atoms with Crippen LogP contribution in [-0.2, 0) is 18.9 Å². The van der Waals surface area contributed by atoms with Crippen LogP contribution in [0.2, 0.25) is 0 Å². The maximum absolute atomic E-state index is 11.9. The SMILES string of the molecule is CCOC(=O)OC1CN(C(=O)OC)CC1NC(=O)OC(C)(C)C. The van der Waals surface area contributed by atoms with Gasteiger partial charge in [0.1, 0.15) is 11.7 Å². The minimum absolute atomic E-state index is 0.0892. The molecular weight excluding hydrogens is 308 g/mol. The third kappa shape index (κ3) is 6.21. The third-order valence-electron chi connectivity index (χ3n) is 2.91. The molecule has 2 atom stereocenters. The summed E-state index contributed by atoms with van der Waals surface area (Å²) in [7, 11) is 1.25. The minimum Gasteiger partial charge on any atom is -0.453 e. The lowest BCUT2D eigenvalue weighted by molar-refractivity contribution is 0.0162. The zero-order valence-electron chi connectivity index (χ0n) is 14.1. The lowest BCUT2D eigenvalue weighted by Gasteiger charge is -2.23. The van der Waals surface area contributed by atoms with E-state index in [9.17, 15) is 14.4 Å². The zero-order chi connectivity index (χ0) is 17.6. The Kier molecular flexibility index (Phi) is 6.47. The number of hydrogen-bond acceptors (Lipinski definition) is 7. The lowest BCUT2D eigenvalue weighted by atomic mass is 10.2. The van der Waals surface area contributed by atoms with E-state index in [1.807, 2.05) is 0 Å². The predicted octanol–water partition coefficient (Wildman–Crippen LogP) is 1.50. The predicted molar refractivity (Wildman–Crippen MR) is 79.0 cm³/mol. The molecule has 0 aromatic carbocycles. The van der Waals surface area contributed by atoms with E-state index in [1.54, 1.807) is 27.7 Å². The van der Waals surface area contributed by atoms with Crippen molar-refractivity contribution in [1.29, 1.82) is 0 Å². The second kappa shape index (κ2) is 7.89. The number of methoxy groups -OCH3 is 1. The second-order valence-corrected chi connectivity index (χ2v) is 5.97. The van der Waals surface area contributed by atoms with Crippen LogP contribution in [0.15, 0.2) is 0 Å².